The molecule has 3 aliphatic heterocycles. The Kier molecular flexibility index (Phi) is 6.56. The van der Waals surface area contributed by atoms with Crippen LogP contribution in [0.1, 0.15) is 10.5 Å². The molecule has 3 aliphatic rings. The Labute approximate surface area is 191 Å². The molecule has 32 heavy (non-hydrogen) atoms. The van der Waals surface area contributed by atoms with E-state index in [1.807, 2.05) is 29.6 Å². The fourth-order valence-electron chi connectivity index (χ4n) is 4.48. The molecule has 172 valence electrons. The van der Waals surface area contributed by atoms with Gasteiger partial charge in [-0.15, -0.1) is 11.3 Å². The van der Waals surface area contributed by atoms with E-state index in [1.54, 1.807) is 0 Å². The number of nitrogens with one attached hydrogen (secondary N) is 1. The molecule has 2 N–H and O–H groups in total. The molecule has 1 amide bonds. The minimum Gasteiger partial charge on any atom is -0.389 e. The van der Waals surface area contributed by atoms with Crippen molar-refractivity contribution in [1.29, 1.82) is 0 Å². The van der Waals surface area contributed by atoms with Crippen LogP contribution in [0, 0.1) is 0 Å². The number of para-hydroxylation sites is 2. The van der Waals surface area contributed by atoms with Gasteiger partial charge in [0.25, 0.3) is 5.91 Å². The first-order valence-electron chi connectivity index (χ1n) is 11.1. The van der Waals surface area contributed by atoms with Crippen LogP contribution in [0.2, 0.25) is 0 Å². The van der Waals surface area contributed by atoms with Gasteiger partial charge in [0, 0.05) is 44.6 Å². The van der Waals surface area contributed by atoms with E-state index in [2.05, 4.69) is 25.0 Å². The lowest BCUT2D eigenvalue weighted by molar-refractivity contribution is 0.0785. The van der Waals surface area contributed by atoms with E-state index >= 15 is 0 Å². The second kappa shape index (κ2) is 9.72. The number of aromatic nitrogens is 1. The van der Waals surface area contributed by atoms with Gasteiger partial charge in [-0.25, -0.2) is 4.98 Å². The van der Waals surface area contributed by atoms with E-state index in [4.69, 9.17) is 9.47 Å². The molecule has 0 aliphatic carbocycles. The van der Waals surface area contributed by atoms with Crippen LogP contribution in [-0.4, -0.2) is 98.7 Å². The fraction of sp³-hybridized carbons (Fsp3) is 0.545. The number of benzene rings is 1. The topological polar surface area (TPSA) is 90.4 Å². The molecule has 0 spiro atoms. The van der Waals surface area contributed by atoms with Crippen LogP contribution in [0.15, 0.2) is 29.6 Å². The summed E-state index contributed by atoms with van der Waals surface area (Å²) in [6.07, 6.45) is -0.409. The van der Waals surface area contributed by atoms with Crippen molar-refractivity contribution in [2.75, 3.05) is 80.8 Å². The highest BCUT2D eigenvalue weighted by molar-refractivity contribution is 7.14. The van der Waals surface area contributed by atoms with Gasteiger partial charge in [0.2, 0.25) is 0 Å². The van der Waals surface area contributed by atoms with Gasteiger partial charge in [0.15, 0.2) is 5.13 Å². The molecule has 9 nitrogen and oxygen atoms in total. The van der Waals surface area contributed by atoms with Crippen LogP contribution in [0.25, 0.3) is 0 Å². The Morgan fingerprint density at radius 3 is 2.56 bits per heavy atom. The third kappa shape index (κ3) is 4.60. The lowest BCUT2D eigenvalue weighted by Gasteiger charge is -2.40. The molecule has 1 aromatic carbocycles. The average Bonchev–Trinajstić information content (AvgIpc) is 3.50. The van der Waals surface area contributed by atoms with E-state index in [0.717, 1.165) is 55.8 Å². The number of aliphatic hydroxyl groups is 1. The molecular weight excluding hydrogens is 430 g/mol. The van der Waals surface area contributed by atoms with E-state index in [9.17, 15) is 9.90 Å². The number of rotatable bonds is 5. The number of piperazine rings is 1. The lowest BCUT2D eigenvalue weighted by Crippen LogP contribution is -2.53. The first-order valence-corrected chi connectivity index (χ1v) is 12.0. The molecule has 0 bridgehead atoms. The molecule has 3 fully saturated rings. The number of aliphatic hydroxyl groups excluding tert-OH is 1. The predicted octanol–water partition coefficient (Wildman–Crippen LogP) is 1.11. The van der Waals surface area contributed by atoms with Crippen LogP contribution >= 0.6 is 11.3 Å². The molecule has 2 atom stereocenters. The Hall–Kier alpha value is -2.24. The van der Waals surface area contributed by atoms with Gasteiger partial charge in [-0.2, -0.15) is 0 Å². The number of carbonyl (C=O) groups excluding carboxylic acids is 1. The molecule has 10 heteroatoms. The van der Waals surface area contributed by atoms with Gasteiger partial charge in [-0.05, 0) is 12.1 Å². The van der Waals surface area contributed by atoms with Crippen LogP contribution in [-0.2, 0) is 9.47 Å². The number of hydrogen-bond donors (Lipinski definition) is 2. The Bertz CT molecular complexity index is 927. The van der Waals surface area contributed by atoms with Crippen LogP contribution in [0.3, 0.4) is 0 Å². The first-order chi connectivity index (χ1) is 15.7. The van der Waals surface area contributed by atoms with Crippen molar-refractivity contribution >= 4 is 33.8 Å². The summed E-state index contributed by atoms with van der Waals surface area (Å²) in [5, 5.41) is 15.9. The molecular formula is C22H29N5O4S. The number of nitrogens with zero attached hydrogens (tertiary/aromatic N) is 4. The number of anilines is 3. The van der Waals surface area contributed by atoms with Gasteiger partial charge < -0.3 is 29.7 Å². The summed E-state index contributed by atoms with van der Waals surface area (Å²) in [6, 6.07) is 7.98. The number of thiazole rings is 1. The number of carbonyl (C=O) groups is 1. The summed E-state index contributed by atoms with van der Waals surface area (Å²) in [6.45, 7) is 7.34. The third-order valence-corrected chi connectivity index (χ3v) is 7.21. The zero-order valence-electron chi connectivity index (χ0n) is 18.0. The van der Waals surface area contributed by atoms with Gasteiger partial charge in [-0.3, -0.25) is 9.69 Å². The summed E-state index contributed by atoms with van der Waals surface area (Å²) >= 11 is 1.49. The zero-order chi connectivity index (χ0) is 21.9. The molecule has 3 saturated heterocycles. The Balaban J connectivity index is 1.23. The standard InChI is InChI=1S/C22H29N5O4S/c28-20-14-31-13-19(20)26-7-5-25(6-8-26)18-4-2-1-3-16(18)23-21(29)17-15-32-22(24-17)27-9-11-30-12-10-27/h1-4,15,19-20,28H,5-14H2,(H,23,29)/t19-,20-/m1/s1. The van der Waals surface area contributed by atoms with E-state index in [0.29, 0.717) is 32.1 Å². The monoisotopic (exact) mass is 459 g/mol. The van der Waals surface area contributed by atoms with E-state index in [1.165, 1.54) is 11.3 Å². The Morgan fingerprint density at radius 1 is 1.03 bits per heavy atom. The molecule has 0 saturated carbocycles. The summed E-state index contributed by atoms with van der Waals surface area (Å²) in [5.74, 6) is -0.196. The van der Waals surface area contributed by atoms with Crippen molar-refractivity contribution in [2.24, 2.45) is 0 Å². The molecule has 4 heterocycles. The lowest BCUT2D eigenvalue weighted by atomic mass is 10.1. The zero-order valence-corrected chi connectivity index (χ0v) is 18.8. The molecule has 0 unspecified atom stereocenters. The highest BCUT2D eigenvalue weighted by Crippen LogP contribution is 2.29. The van der Waals surface area contributed by atoms with Gasteiger partial charge in [0.1, 0.15) is 5.69 Å². The van der Waals surface area contributed by atoms with Crippen LogP contribution in [0.5, 0.6) is 0 Å². The normalized spacial score (nSPS) is 24.7. The van der Waals surface area contributed by atoms with E-state index < -0.39 is 6.10 Å². The van der Waals surface area contributed by atoms with E-state index in [-0.39, 0.29) is 11.9 Å². The molecule has 0 radical (unpaired) electrons. The summed E-state index contributed by atoms with van der Waals surface area (Å²) in [5.41, 5.74) is 2.23. The second-order valence-corrected chi connectivity index (χ2v) is 9.12. The van der Waals surface area contributed by atoms with Crippen molar-refractivity contribution in [2.45, 2.75) is 12.1 Å². The highest BCUT2D eigenvalue weighted by atomic mass is 32.1. The molecule has 2 aromatic rings. The quantitative estimate of drug-likeness (QED) is 0.688. The van der Waals surface area contributed by atoms with Crippen molar-refractivity contribution in [3.63, 3.8) is 0 Å². The third-order valence-electron chi connectivity index (χ3n) is 6.30. The van der Waals surface area contributed by atoms with Gasteiger partial charge in [-0.1, -0.05) is 12.1 Å². The number of morpholine rings is 1. The van der Waals surface area contributed by atoms with Crippen LogP contribution < -0.4 is 15.1 Å². The predicted molar refractivity (Wildman–Crippen MR) is 124 cm³/mol. The summed E-state index contributed by atoms with van der Waals surface area (Å²) in [7, 11) is 0. The summed E-state index contributed by atoms with van der Waals surface area (Å²) in [4.78, 5) is 24.2. The maximum Gasteiger partial charge on any atom is 0.275 e. The minimum absolute atomic E-state index is 0.0809. The maximum atomic E-state index is 12.9. The van der Waals surface area contributed by atoms with Gasteiger partial charge in [0.05, 0.1) is 49.9 Å². The minimum atomic E-state index is -0.409. The number of hydrogen-bond acceptors (Lipinski definition) is 9. The van der Waals surface area contributed by atoms with Crippen molar-refractivity contribution in [3.05, 3.63) is 35.3 Å². The van der Waals surface area contributed by atoms with Crippen molar-refractivity contribution in [1.82, 2.24) is 9.88 Å². The van der Waals surface area contributed by atoms with Gasteiger partial charge >= 0.3 is 0 Å². The van der Waals surface area contributed by atoms with Crippen LogP contribution in [0.4, 0.5) is 16.5 Å². The Morgan fingerprint density at radius 2 is 1.81 bits per heavy atom. The first kappa shape index (κ1) is 21.6. The fourth-order valence-corrected chi connectivity index (χ4v) is 5.34. The largest absolute Gasteiger partial charge is 0.389 e. The summed E-state index contributed by atoms with van der Waals surface area (Å²) < 4.78 is 10.8. The van der Waals surface area contributed by atoms with Crippen molar-refractivity contribution in [3.8, 4) is 0 Å². The van der Waals surface area contributed by atoms with Crippen molar-refractivity contribution < 1.29 is 19.4 Å². The number of amides is 1. The molecule has 5 rings (SSSR count). The SMILES string of the molecule is O=C(Nc1ccccc1N1CCN([C@@H]2COC[C@H]2O)CC1)c1csc(N2CCOCC2)n1. The maximum absolute atomic E-state index is 12.9. The molecule has 1 aromatic heterocycles. The smallest absolute Gasteiger partial charge is 0.275 e. The average molecular weight is 460 g/mol. The highest BCUT2D eigenvalue weighted by Gasteiger charge is 2.33. The second-order valence-electron chi connectivity index (χ2n) is 8.28. The number of ether oxygens (including phenoxy) is 2.